The van der Waals surface area contributed by atoms with E-state index >= 15 is 0 Å². The van der Waals surface area contributed by atoms with Crippen LogP contribution in [0.25, 0.3) is 0 Å². The van der Waals surface area contributed by atoms with Gasteiger partial charge in [-0.2, -0.15) is 0 Å². The zero-order chi connectivity index (χ0) is 12.5. The van der Waals surface area contributed by atoms with Crippen LogP contribution >= 0.6 is 15.9 Å². The van der Waals surface area contributed by atoms with Crippen molar-refractivity contribution < 1.29 is 9.53 Å². The molecule has 3 nitrogen and oxygen atoms in total. The molecule has 0 aromatic heterocycles. The van der Waals surface area contributed by atoms with E-state index in [4.69, 9.17) is 4.74 Å². The first-order valence-corrected chi connectivity index (χ1v) is 6.42. The highest BCUT2D eigenvalue weighted by Crippen LogP contribution is 2.25. The predicted octanol–water partition coefficient (Wildman–Crippen LogP) is 2.52. The molecule has 0 bridgehead atoms. The first-order valence-electron chi connectivity index (χ1n) is 5.62. The van der Waals surface area contributed by atoms with Gasteiger partial charge in [-0.05, 0) is 30.7 Å². The third-order valence-corrected chi connectivity index (χ3v) is 3.89. The summed E-state index contributed by atoms with van der Waals surface area (Å²) in [6, 6.07) is 5.61. The van der Waals surface area contributed by atoms with Crippen LogP contribution in [-0.4, -0.2) is 25.7 Å². The Balaban J connectivity index is 1.97. The molecule has 1 amide bonds. The molecule has 92 valence electrons. The maximum Gasteiger partial charge on any atom is 0.251 e. The monoisotopic (exact) mass is 297 g/mol. The molecule has 1 fully saturated rings. The topological polar surface area (TPSA) is 38.3 Å². The smallest absolute Gasteiger partial charge is 0.251 e. The minimum Gasteiger partial charge on any atom is -0.380 e. The third kappa shape index (κ3) is 2.87. The standard InChI is InChI=1S/C13H16BrNO2/c1-9-5-10(3-4-11(9)14)12(16)15-6-13(2)7-17-8-13/h3-5H,6-8H2,1-2H3,(H,15,16). The summed E-state index contributed by atoms with van der Waals surface area (Å²) in [5.41, 5.74) is 1.88. The lowest BCUT2D eigenvalue weighted by molar-refractivity contribution is -0.0978. The second kappa shape index (κ2) is 4.78. The Morgan fingerprint density at radius 2 is 2.24 bits per heavy atom. The van der Waals surface area contributed by atoms with E-state index in [0.717, 1.165) is 23.2 Å². The number of halogens is 1. The highest BCUT2D eigenvalue weighted by molar-refractivity contribution is 9.10. The van der Waals surface area contributed by atoms with E-state index in [1.807, 2.05) is 25.1 Å². The molecule has 1 N–H and O–H groups in total. The second-order valence-electron chi connectivity index (χ2n) is 4.95. The minimum atomic E-state index is -0.0197. The Morgan fingerprint density at radius 3 is 2.76 bits per heavy atom. The predicted molar refractivity (Wildman–Crippen MR) is 70.1 cm³/mol. The van der Waals surface area contributed by atoms with Crippen LogP contribution in [0.4, 0.5) is 0 Å². The zero-order valence-electron chi connectivity index (χ0n) is 10.0. The molecule has 1 aliphatic heterocycles. The van der Waals surface area contributed by atoms with Crippen LogP contribution in [-0.2, 0) is 4.74 Å². The number of ether oxygens (including phenoxy) is 1. The summed E-state index contributed by atoms with van der Waals surface area (Å²) in [7, 11) is 0. The van der Waals surface area contributed by atoms with E-state index in [-0.39, 0.29) is 11.3 Å². The first-order chi connectivity index (χ1) is 8.00. The van der Waals surface area contributed by atoms with Crippen molar-refractivity contribution in [3.63, 3.8) is 0 Å². The van der Waals surface area contributed by atoms with Gasteiger partial charge in [0.15, 0.2) is 0 Å². The average Bonchev–Trinajstić information content (AvgIpc) is 2.27. The number of hydrogen-bond acceptors (Lipinski definition) is 2. The maximum absolute atomic E-state index is 11.9. The Hall–Kier alpha value is -0.870. The lowest BCUT2D eigenvalue weighted by Gasteiger charge is -2.38. The van der Waals surface area contributed by atoms with Gasteiger partial charge in [-0.15, -0.1) is 0 Å². The van der Waals surface area contributed by atoms with E-state index in [1.165, 1.54) is 0 Å². The fourth-order valence-corrected chi connectivity index (χ4v) is 1.98. The first kappa shape index (κ1) is 12.6. The van der Waals surface area contributed by atoms with Gasteiger partial charge < -0.3 is 10.1 Å². The molecule has 0 spiro atoms. The number of aryl methyl sites for hydroxylation is 1. The average molecular weight is 298 g/mol. The van der Waals surface area contributed by atoms with Gasteiger partial charge in [0.2, 0.25) is 0 Å². The van der Waals surface area contributed by atoms with E-state index in [0.29, 0.717) is 12.1 Å². The molecule has 17 heavy (non-hydrogen) atoms. The number of rotatable bonds is 3. The molecule has 1 heterocycles. The molecule has 0 aliphatic carbocycles. The normalized spacial score (nSPS) is 17.4. The molecule has 1 saturated heterocycles. The second-order valence-corrected chi connectivity index (χ2v) is 5.80. The fourth-order valence-electron chi connectivity index (χ4n) is 1.73. The van der Waals surface area contributed by atoms with Crippen molar-refractivity contribution in [2.24, 2.45) is 5.41 Å². The van der Waals surface area contributed by atoms with Crippen molar-refractivity contribution >= 4 is 21.8 Å². The van der Waals surface area contributed by atoms with Gasteiger partial charge in [0.1, 0.15) is 0 Å². The van der Waals surface area contributed by atoms with Gasteiger partial charge in [0.25, 0.3) is 5.91 Å². The van der Waals surface area contributed by atoms with E-state index in [9.17, 15) is 4.79 Å². The fraction of sp³-hybridized carbons (Fsp3) is 0.462. The summed E-state index contributed by atoms with van der Waals surface area (Å²) >= 11 is 3.42. The van der Waals surface area contributed by atoms with Gasteiger partial charge >= 0.3 is 0 Å². The Labute approximate surface area is 110 Å². The van der Waals surface area contributed by atoms with Crippen LogP contribution in [0.1, 0.15) is 22.8 Å². The van der Waals surface area contributed by atoms with Crippen LogP contribution in [0.3, 0.4) is 0 Å². The SMILES string of the molecule is Cc1cc(C(=O)NCC2(C)COC2)ccc1Br. The van der Waals surface area contributed by atoms with Crippen molar-refractivity contribution in [2.75, 3.05) is 19.8 Å². The third-order valence-electron chi connectivity index (χ3n) is 3.00. The highest BCUT2D eigenvalue weighted by atomic mass is 79.9. The van der Waals surface area contributed by atoms with Gasteiger partial charge in [-0.3, -0.25) is 4.79 Å². The molecule has 0 radical (unpaired) electrons. The summed E-state index contributed by atoms with van der Waals surface area (Å²) in [4.78, 5) is 11.9. The Morgan fingerprint density at radius 1 is 1.53 bits per heavy atom. The quantitative estimate of drug-likeness (QED) is 0.931. The van der Waals surface area contributed by atoms with Crippen molar-refractivity contribution in [3.05, 3.63) is 33.8 Å². The number of hydrogen-bond donors (Lipinski definition) is 1. The molecular formula is C13H16BrNO2. The molecular weight excluding hydrogens is 282 g/mol. The largest absolute Gasteiger partial charge is 0.380 e. The van der Waals surface area contributed by atoms with Crippen molar-refractivity contribution in [1.29, 1.82) is 0 Å². The van der Waals surface area contributed by atoms with Gasteiger partial charge in [-0.1, -0.05) is 22.9 Å². The molecule has 1 aliphatic rings. The Bertz CT molecular complexity index is 441. The molecule has 0 unspecified atom stereocenters. The van der Waals surface area contributed by atoms with Gasteiger partial charge in [0, 0.05) is 22.0 Å². The molecule has 0 saturated carbocycles. The minimum absolute atomic E-state index is 0.0197. The van der Waals surface area contributed by atoms with E-state index < -0.39 is 0 Å². The summed E-state index contributed by atoms with van der Waals surface area (Å²) < 4.78 is 6.17. The number of amides is 1. The molecule has 2 rings (SSSR count). The summed E-state index contributed by atoms with van der Waals surface area (Å²) in [6.07, 6.45) is 0. The van der Waals surface area contributed by atoms with Gasteiger partial charge in [-0.25, -0.2) is 0 Å². The maximum atomic E-state index is 11.9. The van der Waals surface area contributed by atoms with Crippen LogP contribution in [0.15, 0.2) is 22.7 Å². The lowest BCUT2D eigenvalue weighted by Crippen LogP contribution is -2.48. The van der Waals surface area contributed by atoms with Crippen LogP contribution in [0, 0.1) is 12.3 Å². The van der Waals surface area contributed by atoms with Crippen molar-refractivity contribution in [2.45, 2.75) is 13.8 Å². The van der Waals surface area contributed by atoms with Gasteiger partial charge in [0.05, 0.1) is 13.2 Å². The lowest BCUT2D eigenvalue weighted by atomic mass is 9.88. The highest BCUT2D eigenvalue weighted by Gasteiger charge is 2.33. The zero-order valence-corrected chi connectivity index (χ0v) is 11.6. The number of benzene rings is 1. The number of nitrogens with one attached hydrogen (secondary N) is 1. The van der Waals surface area contributed by atoms with Crippen molar-refractivity contribution in [1.82, 2.24) is 5.32 Å². The molecule has 4 heteroatoms. The van der Waals surface area contributed by atoms with Crippen LogP contribution in [0.2, 0.25) is 0 Å². The molecule has 1 aromatic carbocycles. The summed E-state index contributed by atoms with van der Waals surface area (Å²) in [6.45, 7) is 6.21. The molecule has 0 atom stereocenters. The Kier molecular flexibility index (Phi) is 3.54. The summed E-state index contributed by atoms with van der Waals surface area (Å²) in [5.74, 6) is -0.0197. The number of carbonyl (C=O) groups excluding carboxylic acids is 1. The molecule has 1 aromatic rings. The number of carbonyl (C=O) groups is 1. The van der Waals surface area contributed by atoms with Crippen LogP contribution < -0.4 is 5.32 Å². The van der Waals surface area contributed by atoms with E-state index in [2.05, 4.69) is 28.2 Å². The van der Waals surface area contributed by atoms with E-state index in [1.54, 1.807) is 0 Å². The van der Waals surface area contributed by atoms with Crippen molar-refractivity contribution in [3.8, 4) is 0 Å². The summed E-state index contributed by atoms with van der Waals surface area (Å²) in [5, 5.41) is 2.95. The van der Waals surface area contributed by atoms with Crippen LogP contribution in [0.5, 0.6) is 0 Å².